The molecule has 7 rings (SSSR count). The molecule has 1 saturated heterocycles. The fourth-order valence-electron chi connectivity index (χ4n) is 12.4. The molecule has 53 heavy (non-hydrogen) atoms. The van der Waals surface area contributed by atoms with Crippen molar-refractivity contribution in [1.29, 1.82) is 0 Å². The second-order valence-electron chi connectivity index (χ2n) is 19.6. The summed E-state index contributed by atoms with van der Waals surface area (Å²) < 4.78 is 22.1. The first kappa shape index (κ1) is 38.4. The van der Waals surface area contributed by atoms with Gasteiger partial charge in [-0.2, -0.15) is 10.2 Å². The van der Waals surface area contributed by atoms with Crippen LogP contribution in [-0.2, 0) is 14.2 Å². The summed E-state index contributed by atoms with van der Waals surface area (Å²) in [5, 5.41) is 23.7. The number of rotatable bonds is 9. The molecule has 0 aromatic carbocycles. The third-order valence-electron chi connectivity index (χ3n) is 16.5. The average molecular weight is 733 g/mol. The van der Waals surface area contributed by atoms with Crippen molar-refractivity contribution in [3.63, 3.8) is 0 Å². The van der Waals surface area contributed by atoms with Crippen LogP contribution in [0.5, 0.6) is 0 Å². The fourth-order valence-corrected chi connectivity index (χ4v) is 12.4. The molecular formula is C42H64N6O5. The fraction of sp³-hybridized carbons (Fsp3) is 0.786. The number of hydrogen-bond acceptors (Lipinski definition) is 9. The van der Waals surface area contributed by atoms with E-state index in [2.05, 4.69) is 85.5 Å². The highest BCUT2D eigenvalue weighted by Gasteiger charge is 2.72. The molecule has 4 aliphatic carbocycles. The van der Waals surface area contributed by atoms with Crippen molar-refractivity contribution in [2.75, 3.05) is 19.8 Å². The van der Waals surface area contributed by atoms with Crippen molar-refractivity contribution in [3.8, 4) is 11.5 Å². The van der Waals surface area contributed by atoms with Gasteiger partial charge in [-0.05, 0) is 92.6 Å². The lowest BCUT2D eigenvalue weighted by Gasteiger charge is -2.71. The number of nitrogens with zero attached hydrogens (tertiary/aromatic N) is 5. The van der Waals surface area contributed by atoms with Gasteiger partial charge in [0.25, 0.3) is 0 Å². The van der Waals surface area contributed by atoms with Gasteiger partial charge in [0.05, 0.1) is 32.0 Å². The number of fused-ring (bicyclic) bond motifs is 3. The maximum absolute atomic E-state index is 12.5. The third-order valence-corrected chi connectivity index (χ3v) is 16.5. The van der Waals surface area contributed by atoms with E-state index in [1.165, 1.54) is 5.57 Å². The molecule has 0 amide bonds. The molecule has 2 aromatic rings. The molecule has 11 nitrogen and oxygen atoms in total. The normalized spacial score (nSPS) is 41.1. The predicted molar refractivity (Wildman–Crippen MR) is 203 cm³/mol. The number of allylic oxidation sites excluding steroid dienone is 1. The number of carbonyl (C=O) groups is 1. The SMILES string of the molecule is CC(C)[C@@H](C)[C@@]1(C)CC[C@]2(C)[C@H]3CC[C@@H]4[C@@]5(COC[C@@]4(C)[C@@H](OC[C@](C)(N)C(C)C)[C@H](n4ncnc4-c4cccnn4)C5)C3=CC[C@]2(C)[C@@H]1OC(=O)O. The van der Waals surface area contributed by atoms with Crippen LogP contribution in [0.1, 0.15) is 114 Å². The predicted octanol–water partition coefficient (Wildman–Crippen LogP) is 7.99. The van der Waals surface area contributed by atoms with E-state index in [0.29, 0.717) is 49.1 Å². The van der Waals surface area contributed by atoms with Gasteiger partial charge in [-0.3, -0.25) is 0 Å². The number of nitrogens with two attached hydrogens (primary N) is 1. The van der Waals surface area contributed by atoms with Crippen molar-refractivity contribution in [2.45, 2.75) is 132 Å². The monoisotopic (exact) mass is 732 g/mol. The number of ether oxygens (including phenoxy) is 3. The van der Waals surface area contributed by atoms with E-state index in [4.69, 9.17) is 30.0 Å². The Morgan fingerprint density at radius 3 is 2.53 bits per heavy atom. The molecule has 3 N–H and O–H groups in total. The molecule has 11 heteroatoms. The van der Waals surface area contributed by atoms with E-state index in [0.717, 1.165) is 38.5 Å². The quantitative estimate of drug-likeness (QED) is 0.192. The molecule has 2 aromatic heterocycles. The van der Waals surface area contributed by atoms with E-state index >= 15 is 0 Å². The summed E-state index contributed by atoms with van der Waals surface area (Å²) >= 11 is 0. The Morgan fingerprint density at radius 2 is 1.87 bits per heavy atom. The first-order valence-electron chi connectivity index (χ1n) is 20.1. The van der Waals surface area contributed by atoms with E-state index in [1.807, 2.05) is 16.8 Å². The lowest BCUT2D eigenvalue weighted by atomic mass is 9.35. The summed E-state index contributed by atoms with van der Waals surface area (Å²) in [5.41, 5.74) is 7.13. The number of carboxylic acid groups (broad SMARTS) is 1. The van der Waals surface area contributed by atoms with Crippen LogP contribution in [0.15, 0.2) is 36.3 Å². The summed E-state index contributed by atoms with van der Waals surface area (Å²) in [5.74, 6) is 2.21. The van der Waals surface area contributed by atoms with Crippen molar-refractivity contribution < 1.29 is 24.1 Å². The van der Waals surface area contributed by atoms with Crippen LogP contribution in [0.3, 0.4) is 0 Å². The molecule has 2 bridgehead atoms. The second-order valence-corrected chi connectivity index (χ2v) is 19.6. The highest BCUT2D eigenvalue weighted by molar-refractivity contribution is 5.57. The zero-order valence-electron chi connectivity index (χ0n) is 33.8. The number of hydrogen-bond donors (Lipinski definition) is 2. The Balaban J connectivity index is 1.35. The lowest BCUT2D eigenvalue weighted by Crippen LogP contribution is -2.70. The molecule has 3 heterocycles. The van der Waals surface area contributed by atoms with Crippen LogP contribution in [0, 0.1) is 56.7 Å². The Labute approximate surface area is 316 Å². The van der Waals surface area contributed by atoms with Crippen LogP contribution in [0.2, 0.25) is 0 Å². The van der Waals surface area contributed by atoms with Crippen LogP contribution in [0.4, 0.5) is 4.79 Å². The standard InChI is InChI=1S/C42H64N6O5/c1-25(2)27(5)37(6)17-18-39(8)28-13-14-32-38(7)21-51-23-42(32,29(28)15-16-40(39,9)35(37)53-36(49)50)20-31(33(38)52-22-41(10,43)26(3)4)48-34(44-24-46-48)30-12-11-19-45-47-30/h11-12,15,19,24-28,31-33,35H,13-14,16-18,20-23,43H2,1-10H3,(H,49,50)/t27-,28+,31-,32+,33+,35-,37-,38-,39-,40-,41+,42+/m1/s1. The van der Waals surface area contributed by atoms with Gasteiger partial charge in [0, 0.05) is 33.4 Å². The zero-order chi connectivity index (χ0) is 38.4. The van der Waals surface area contributed by atoms with Gasteiger partial charge in [-0.15, -0.1) is 5.10 Å². The minimum Gasteiger partial charge on any atom is -0.450 e. The van der Waals surface area contributed by atoms with Crippen LogP contribution < -0.4 is 5.73 Å². The van der Waals surface area contributed by atoms with Gasteiger partial charge in [0.15, 0.2) is 5.82 Å². The second kappa shape index (κ2) is 13.1. The van der Waals surface area contributed by atoms with Gasteiger partial charge in [0.2, 0.25) is 0 Å². The third kappa shape index (κ3) is 5.63. The molecule has 0 spiro atoms. The molecule has 12 atom stereocenters. The molecule has 3 saturated carbocycles. The molecular weight excluding hydrogens is 668 g/mol. The van der Waals surface area contributed by atoms with E-state index < -0.39 is 17.8 Å². The molecule has 0 radical (unpaired) electrons. The maximum Gasteiger partial charge on any atom is 0.506 e. The number of aromatic nitrogens is 5. The Hall–Kier alpha value is -2.89. The first-order valence-corrected chi connectivity index (χ1v) is 20.1. The van der Waals surface area contributed by atoms with E-state index in [1.54, 1.807) is 12.5 Å². The first-order chi connectivity index (χ1) is 24.9. The summed E-state index contributed by atoms with van der Waals surface area (Å²) in [4.78, 5) is 17.2. The van der Waals surface area contributed by atoms with E-state index in [9.17, 15) is 9.90 Å². The highest BCUT2D eigenvalue weighted by Crippen LogP contribution is 2.74. The highest BCUT2D eigenvalue weighted by atomic mass is 16.7. The minimum atomic E-state index is -1.17. The van der Waals surface area contributed by atoms with Crippen molar-refractivity contribution >= 4 is 6.16 Å². The van der Waals surface area contributed by atoms with Gasteiger partial charge < -0.3 is 25.1 Å². The summed E-state index contributed by atoms with van der Waals surface area (Å²) in [6.07, 6.45) is 9.57. The van der Waals surface area contributed by atoms with Gasteiger partial charge in [-0.25, -0.2) is 14.5 Å². The topological polar surface area (TPSA) is 148 Å². The largest absolute Gasteiger partial charge is 0.506 e. The average Bonchev–Trinajstić information content (AvgIpc) is 3.60. The van der Waals surface area contributed by atoms with Crippen LogP contribution >= 0.6 is 0 Å². The summed E-state index contributed by atoms with van der Waals surface area (Å²) in [6.45, 7) is 24.2. The van der Waals surface area contributed by atoms with E-state index in [-0.39, 0.29) is 51.1 Å². The van der Waals surface area contributed by atoms with Crippen LogP contribution in [0.25, 0.3) is 11.5 Å². The van der Waals surface area contributed by atoms with Crippen molar-refractivity contribution in [3.05, 3.63) is 36.3 Å². The van der Waals surface area contributed by atoms with Crippen molar-refractivity contribution in [1.82, 2.24) is 25.0 Å². The smallest absolute Gasteiger partial charge is 0.450 e. The summed E-state index contributed by atoms with van der Waals surface area (Å²) in [7, 11) is 0. The van der Waals surface area contributed by atoms with Gasteiger partial charge >= 0.3 is 6.16 Å². The summed E-state index contributed by atoms with van der Waals surface area (Å²) in [6, 6.07) is 3.66. The zero-order valence-corrected chi connectivity index (χ0v) is 33.8. The maximum atomic E-state index is 12.5. The molecule has 0 unspecified atom stereocenters. The van der Waals surface area contributed by atoms with Gasteiger partial charge in [-0.1, -0.05) is 74.0 Å². The Bertz CT molecular complexity index is 1710. The van der Waals surface area contributed by atoms with Gasteiger partial charge in [0.1, 0.15) is 18.1 Å². The Kier molecular flexibility index (Phi) is 9.50. The Morgan fingerprint density at radius 1 is 1.11 bits per heavy atom. The molecule has 292 valence electrons. The van der Waals surface area contributed by atoms with Crippen LogP contribution in [-0.4, -0.2) is 73.8 Å². The molecule has 1 aliphatic heterocycles. The molecule has 5 aliphatic rings. The minimum absolute atomic E-state index is 0.159. The molecule has 4 fully saturated rings. The lowest BCUT2D eigenvalue weighted by molar-refractivity contribution is -0.256. The van der Waals surface area contributed by atoms with Crippen molar-refractivity contribution in [2.24, 2.45) is 62.4 Å².